The summed E-state index contributed by atoms with van der Waals surface area (Å²) in [5.41, 5.74) is 4.06. The van der Waals surface area contributed by atoms with Crippen molar-refractivity contribution in [3.8, 4) is 23.1 Å². The lowest BCUT2D eigenvalue weighted by molar-refractivity contribution is 0.0526. The molecule has 1 atom stereocenters. The monoisotopic (exact) mass is 521 g/mol. The molecule has 6 nitrogen and oxygen atoms in total. The summed E-state index contributed by atoms with van der Waals surface area (Å²) in [6.45, 7) is 8.96. The number of carbonyl (C=O) groups excluding carboxylic acids is 1. The average Bonchev–Trinajstić information content (AvgIpc) is 3.49. The number of methoxy groups -OCH3 is 1. The van der Waals surface area contributed by atoms with E-state index in [1.165, 1.54) is 16.2 Å². The minimum absolute atomic E-state index is 0.208. The molecular weight excluding hydrogens is 490 g/mol. The number of nitrogens with zero attached hydrogens (tertiary/aromatic N) is 2. The normalized spacial score (nSPS) is 15.7. The standard InChI is InChI=1S/C28H31N3O3S2/c1-6-34-27(32)24-21-12-9-19(28(2,3)4)13-23(21)36-26(24)30-15-18(14-29)25-31-22(16-35-25)17-7-10-20(33-5)11-8-17/h7-8,10-11,15-16,19,30H,6,9,12-13H2,1-5H3/b18-15+. The Morgan fingerprint density at radius 2 is 2.06 bits per heavy atom. The first-order chi connectivity index (χ1) is 17.2. The third-order valence-electron chi connectivity index (χ3n) is 6.56. The summed E-state index contributed by atoms with van der Waals surface area (Å²) in [6.07, 6.45) is 4.50. The average molecular weight is 522 g/mol. The molecule has 0 fully saturated rings. The third-order valence-corrected chi connectivity index (χ3v) is 8.62. The Morgan fingerprint density at radius 1 is 1.31 bits per heavy atom. The van der Waals surface area contributed by atoms with Gasteiger partial charge in [0.1, 0.15) is 27.4 Å². The maximum atomic E-state index is 12.9. The summed E-state index contributed by atoms with van der Waals surface area (Å²) in [5, 5.41) is 16.4. The Hall–Kier alpha value is -3.15. The molecule has 0 saturated heterocycles. The van der Waals surface area contributed by atoms with Gasteiger partial charge < -0.3 is 14.8 Å². The van der Waals surface area contributed by atoms with Crippen molar-refractivity contribution in [2.24, 2.45) is 11.3 Å². The zero-order valence-electron chi connectivity index (χ0n) is 21.3. The van der Waals surface area contributed by atoms with Crippen LogP contribution in [0.4, 0.5) is 5.00 Å². The van der Waals surface area contributed by atoms with Gasteiger partial charge in [0.15, 0.2) is 0 Å². The number of ether oxygens (including phenoxy) is 2. The van der Waals surface area contributed by atoms with Crippen molar-refractivity contribution in [1.82, 2.24) is 4.98 Å². The molecule has 0 radical (unpaired) electrons. The highest BCUT2D eigenvalue weighted by Crippen LogP contribution is 2.44. The molecule has 1 unspecified atom stereocenters. The molecular formula is C28H31N3O3S2. The van der Waals surface area contributed by atoms with Crippen LogP contribution in [0.2, 0.25) is 0 Å². The molecule has 0 saturated carbocycles. The van der Waals surface area contributed by atoms with Crippen LogP contribution in [0.1, 0.15) is 59.9 Å². The number of nitrogens with one attached hydrogen (secondary N) is 1. The van der Waals surface area contributed by atoms with Crippen molar-refractivity contribution in [2.45, 2.75) is 47.0 Å². The number of benzene rings is 1. The van der Waals surface area contributed by atoms with Crippen molar-refractivity contribution < 1.29 is 14.3 Å². The second kappa shape index (κ2) is 10.9. The topological polar surface area (TPSA) is 84.2 Å². The largest absolute Gasteiger partial charge is 0.497 e. The Balaban J connectivity index is 1.62. The van der Waals surface area contributed by atoms with Crippen LogP contribution in [0.5, 0.6) is 5.75 Å². The molecule has 1 aromatic carbocycles. The van der Waals surface area contributed by atoms with Gasteiger partial charge in [0, 0.05) is 22.0 Å². The zero-order valence-corrected chi connectivity index (χ0v) is 22.9. The molecule has 4 rings (SSSR count). The van der Waals surface area contributed by atoms with Crippen LogP contribution >= 0.6 is 22.7 Å². The van der Waals surface area contributed by atoms with Gasteiger partial charge in [-0.25, -0.2) is 9.78 Å². The van der Waals surface area contributed by atoms with E-state index < -0.39 is 0 Å². The number of aromatic nitrogens is 1. The van der Waals surface area contributed by atoms with E-state index in [4.69, 9.17) is 9.47 Å². The van der Waals surface area contributed by atoms with Gasteiger partial charge in [0.2, 0.25) is 0 Å². The first kappa shape index (κ1) is 25.9. The summed E-state index contributed by atoms with van der Waals surface area (Å²) in [6, 6.07) is 9.91. The van der Waals surface area contributed by atoms with Crippen molar-refractivity contribution in [1.29, 1.82) is 5.26 Å². The Kier molecular flexibility index (Phi) is 7.82. The van der Waals surface area contributed by atoms with Gasteiger partial charge >= 0.3 is 5.97 Å². The molecule has 1 aliphatic rings. The number of hydrogen-bond donors (Lipinski definition) is 1. The molecule has 1 aliphatic carbocycles. The molecule has 0 aliphatic heterocycles. The summed E-state index contributed by atoms with van der Waals surface area (Å²) in [7, 11) is 1.63. The predicted octanol–water partition coefficient (Wildman–Crippen LogP) is 7.18. The maximum absolute atomic E-state index is 12.9. The molecule has 0 amide bonds. The van der Waals surface area contributed by atoms with E-state index >= 15 is 0 Å². The molecule has 2 heterocycles. The third kappa shape index (κ3) is 5.48. The second-order valence-electron chi connectivity index (χ2n) is 9.81. The molecule has 36 heavy (non-hydrogen) atoms. The number of hydrogen-bond acceptors (Lipinski definition) is 8. The number of esters is 1. The van der Waals surface area contributed by atoms with Gasteiger partial charge in [-0.1, -0.05) is 20.8 Å². The van der Waals surface area contributed by atoms with E-state index in [2.05, 4.69) is 37.1 Å². The van der Waals surface area contributed by atoms with E-state index in [1.54, 1.807) is 24.6 Å². The lowest BCUT2D eigenvalue weighted by atomic mass is 9.72. The fraction of sp³-hybridized carbons (Fsp3) is 0.393. The van der Waals surface area contributed by atoms with Gasteiger partial charge in [-0.05, 0) is 67.3 Å². The van der Waals surface area contributed by atoms with Crippen molar-refractivity contribution in [3.63, 3.8) is 0 Å². The van der Waals surface area contributed by atoms with Crippen LogP contribution < -0.4 is 10.1 Å². The Bertz CT molecular complexity index is 1310. The van der Waals surface area contributed by atoms with Gasteiger partial charge in [0.05, 0.1) is 25.0 Å². The number of fused-ring (bicyclic) bond motifs is 1. The predicted molar refractivity (Wildman–Crippen MR) is 147 cm³/mol. The number of nitriles is 1. The first-order valence-corrected chi connectivity index (χ1v) is 13.7. The fourth-order valence-electron chi connectivity index (χ4n) is 4.42. The maximum Gasteiger partial charge on any atom is 0.341 e. The number of allylic oxidation sites excluding steroid dienone is 1. The molecule has 3 aromatic rings. The highest BCUT2D eigenvalue weighted by Gasteiger charge is 2.34. The van der Waals surface area contributed by atoms with Crippen LogP contribution in [0.15, 0.2) is 35.8 Å². The minimum Gasteiger partial charge on any atom is -0.497 e. The molecule has 0 bridgehead atoms. The van der Waals surface area contributed by atoms with Crippen molar-refractivity contribution in [3.05, 3.63) is 56.9 Å². The van der Waals surface area contributed by atoms with E-state index in [-0.39, 0.29) is 11.4 Å². The number of anilines is 1. The molecule has 2 aromatic heterocycles. The SMILES string of the molecule is CCOC(=O)c1c(N/C=C(\C#N)c2nc(-c3ccc(OC)cc3)cs2)sc2c1CCC(C(C)(C)C)C2. The lowest BCUT2D eigenvalue weighted by Gasteiger charge is -2.33. The molecule has 1 N–H and O–H groups in total. The van der Waals surface area contributed by atoms with Crippen molar-refractivity contribution in [2.75, 3.05) is 19.0 Å². The molecule has 8 heteroatoms. The highest BCUT2D eigenvalue weighted by atomic mass is 32.1. The minimum atomic E-state index is -0.311. The summed E-state index contributed by atoms with van der Waals surface area (Å²) >= 11 is 3.00. The van der Waals surface area contributed by atoms with E-state index in [9.17, 15) is 10.1 Å². The fourth-order valence-corrected chi connectivity index (χ4v) is 6.50. The van der Waals surface area contributed by atoms with Gasteiger partial charge in [-0.15, -0.1) is 22.7 Å². The van der Waals surface area contributed by atoms with Crippen LogP contribution in [0, 0.1) is 22.7 Å². The van der Waals surface area contributed by atoms with Crippen molar-refractivity contribution >= 4 is 39.2 Å². The number of carbonyl (C=O) groups is 1. The Morgan fingerprint density at radius 3 is 2.69 bits per heavy atom. The number of thiazole rings is 1. The van der Waals surface area contributed by atoms with Crippen LogP contribution in [0.3, 0.4) is 0 Å². The van der Waals surface area contributed by atoms with Crippen LogP contribution in [-0.2, 0) is 17.6 Å². The smallest absolute Gasteiger partial charge is 0.341 e. The quantitative estimate of drug-likeness (QED) is 0.262. The number of rotatable bonds is 7. The lowest BCUT2D eigenvalue weighted by Crippen LogP contribution is -2.26. The first-order valence-electron chi connectivity index (χ1n) is 12.0. The van der Waals surface area contributed by atoms with E-state index in [0.29, 0.717) is 28.7 Å². The zero-order chi connectivity index (χ0) is 25.9. The summed E-state index contributed by atoms with van der Waals surface area (Å²) in [5.74, 6) is 1.03. The summed E-state index contributed by atoms with van der Waals surface area (Å²) < 4.78 is 10.6. The van der Waals surface area contributed by atoms with E-state index in [1.807, 2.05) is 36.6 Å². The molecule has 188 valence electrons. The van der Waals surface area contributed by atoms with Gasteiger partial charge in [-0.3, -0.25) is 0 Å². The van der Waals surface area contributed by atoms with Gasteiger partial charge in [-0.2, -0.15) is 5.26 Å². The van der Waals surface area contributed by atoms with Crippen LogP contribution in [-0.4, -0.2) is 24.7 Å². The highest BCUT2D eigenvalue weighted by molar-refractivity contribution is 7.16. The Labute approximate surface area is 220 Å². The van der Waals surface area contributed by atoms with Gasteiger partial charge in [0.25, 0.3) is 0 Å². The molecule has 0 spiro atoms. The van der Waals surface area contributed by atoms with E-state index in [0.717, 1.165) is 46.8 Å². The number of thiophene rings is 1. The summed E-state index contributed by atoms with van der Waals surface area (Å²) in [4.78, 5) is 18.8. The van der Waals surface area contributed by atoms with Crippen LogP contribution in [0.25, 0.3) is 16.8 Å². The second-order valence-corrected chi connectivity index (χ2v) is 11.8.